The van der Waals surface area contributed by atoms with Crippen LogP contribution in [0.25, 0.3) is 0 Å². The summed E-state index contributed by atoms with van der Waals surface area (Å²) in [6, 6.07) is 3.68. The zero-order valence-corrected chi connectivity index (χ0v) is 12.1. The third kappa shape index (κ3) is 4.91. The summed E-state index contributed by atoms with van der Waals surface area (Å²) in [5.41, 5.74) is -0.0162. The summed E-state index contributed by atoms with van der Waals surface area (Å²) in [5, 5.41) is 0. The normalized spacial score (nSPS) is 13.7. The smallest absolute Gasteiger partial charge is 0.416 e. The van der Waals surface area contributed by atoms with E-state index in [0.717, 1.165) is 12.5 Å². The average molecular weight is 286 g/mol. The molecule has 0 aliphatic heterocycles. The van der Waals surface area contributed by atoms with Gasteiger partial charge in [0.25, 0.3) is 0 Å². The van der Waals surface area contributed by atoms with Crippen LogP contribution < -0.4 is 4.74 Å². The van der Waals surface area contributed by atoms with Gasteiger partial charge in [0.15, 0.2) is 0 Å². The first-order valence-electron chi connectivity index (χ1n) is 6.88. The first-order chi connectivity index (χ1) is 9.38. The Bertz CT molecular complexity index is 450. The van der Waals surface area contributed by atoms with Crippen LogP contribution in [-0.2, 0) is 12.6 Å². The molecule has 0 aliphatic carbocycles. The molecule has 0 N–H and O–H groups in total. The maximum Gasteiger partial charge on any atom is 0.416 e. The molecule has 0 bridgehead atoms. The fourth-order valence-electron chi connectivity index (χ4n) is 1.99. The molecule has 0 aromatic heterocycles. The summed E-state index contributed by atoms with van der Waals surface area (Å²) in [6.45, 7) is 6.28. The Morgan fingerprint density at radius 1 is 1.25 bits per heavy atom. The van der Waals surface area contributed by atoms with Crippen LogP contribution in [0.3, 0.4) is 0 Å². The summed E-state index contributed by atoms with van der Waals surface area (Å²) >= 11 is 0. The highest BCUT2D eigenvalue weighted by molar-refractivity contribution is 5.39. The van der Waals surface area contributed by atoms with Gasteiger partial charge in [0, 0.05) is 0 Å². The van der Waals surface area contributed by atoms with Crippen LogP contribution in [-0.4, -0.2) is 6.61 Å². The molecule has 0 amide bonds. The standard InChI is InChI=1S/C16H21F3O/c1-4-6-7-12(3)10-13-11-14(16(17,18)19)8-9-15(13)20-5-2/h6-9,11-12H,4-5,10H2,1-3H3/b7-6-. The summed E-state index contributed by atoms with van der Waals surface area (Å²) in [7, 11) is 0. The number of rotatable bonds is 6. The zero-order chi connectivity index (χ0) is 15.2. The van der Waals surface area contributed by atoms with Gasteiger partial charge in [-0.05, 0) is 49.4 Å². The van der Waals surface area contributed by atoms with Gasteiger partial charge >= 0.3 is 6.18 Å². The van der Waals surface area contributed by atoms with Crippen LogP contribution in [0.4, 0.5) is 13.2 Å². The summed E-state index contributed by atoms with van der Waals surface area (Å²) in [6.07, 6.45) is 1.19. The van der Waals surface area contributed by atoms with Crippen molar-refractivity contribution in [2.24, 2.45) is 5.92 Å². The molecular weight excluding hydrogens is 265 g/mol. The number of halogens is 3. The number of ether oxygens (including phenoxy) is 1. The van der Waals surface area contributed by atoms with Crippen molar-refractivity contribution in [3.63, 3.8) is 0 Å². The van der Waals surface area contributed by atoms with Crippen LogP contribution in [0.15, 0.2) is 30.4 Å². The molecule has 20 heavy (non-hydrogen) atoms. The molecule has 4 heteroatoms. The minimum absolute atomic E-state index is 0.178. The first kappa shape index (κ1) is 16.6. The van der Waals surface area contributed by atoms with E-state index in [2.05, 4.69) is 0 Å². The molecule has 1 rings (SSSR count). The van der Waals surface area contributed by atoms with Gasteiger partial charge in [-0.25, -0.2) is 0 Å². The van der Waals surface area contributed by atoms with Gasteiger partial charge in [-0.2, -0.15) is 13.2 Å². The summed E-state index contributed by atoms with van der Waals surface area (Å²) < 4.78 is 43.7. The van der Waals surface area contributed by atoms with Gasteiger partial charge in [-0.3, -0.25) is 0 Å². The fraction of sp³-hybridized carbons (Fsp3) is 0.500. The second kappa shape index (κ2) is 7.36. The minimum Gasteiger partial charge on any atom is -0.494 e. The van der Waals surface area contributed by atoms with Crippen LogP contribution in [0.5, 0.6) is 5.75 Å². The molecule has 0 saturated heterocycles. The van der Waals surface area contributed by atoms with Crippen molar-refractivity contribution in [1.29, 1.82) is 0 Å². The van der Waals surface area contributed by atoms with E-state index in [9.17, 15) is 13.2 Å². The SMILES string of the molecule is CC/C=C\C(C)Cc1cc(C(F)(F)F)ccc1OCC. The molecule has 0 fully saturated rings. The fourth-order valence-corrected chi connectivity index (χ4v) is 1.99. The van der Waals surface area contributed by atoms with E-state index in [1.54, 1.807) is 0 Å². The Kier molecular flexibility index (Phi) is 6.11. The maximum atomic E-state index is 12.8. The van der Waals surface area contributed by atoms with E-state index >= 15 is 0 Å². The average Bonchev–Trinajstić information content (AvgIpc) is 2.37. The van der Waals surface area contributed by atoms with Gasteiger partial charge in [0.2, 0.25) is 0 Å². The third-order valence-electron chi connectivity index (χ3n) is 2.93. The van der Waals surface area contributed by atoms with Gasteiger partial charge in [-0.1, -0.05) is 26.0 Å². The van der Waals surface area contributed by atoms with Crippen molar-refractivity contribution < 1.29 is 17.9 Å². The number of alkyl halides is 3. The molecule has 1 aromatic rings. The molecule has 0 saturated carbocycles. The largest absolute Gasteiger partial charge is 0.494 e. The number of allylic oxidation sites excluding steroid dienone is 2. The maximum absolute atomic E-state index is 12.8. The summed E-state index contributed by atoms with van der Waals surface area (Å²) in [4.78, 5) is 0. The van der Waals surface area contributed by atoms with E-state index < -0.39 is 11.7 Å². The van der Waals surface area contributed by atoms with Crippen LogP contribution in [0.2, 0.25) is 0 Å². The van der Waals surface area contributed by atoms with Crippen molar-refractivity contribution >= 4 is 0 Å². The molecule has 0 aliphatic rings. The Morgan fingerprint density at radius 2 is 1.95 bits per heavy atom. The molecule has 1 atom stereocenters. The molecular formula is C16H21F3O. The van der Waals surface area contributed by atoms with Crippen molar-refractivity contribution in [2.45, 2.75) is 39.8 Å². The topological polar surface area (TPSA) is 9.23 Å². The molecule has 112 valence electrons. The lowest BCUT2D eigenvalue weighted by atomic mass is 9.97. The molecule has 1 unspecified atom stereocenters. The van der Waals surface area contributed by atoms with E-state index in [1.807, 2.05) is 32.9 Å². The van der Waals surface area contributed by atoms with E-state index in [-0.39, 0.29) is 5.92 Å². The van der Waals surface area contributed by atoms with E-state index in [1.165, 1.54) is 12.1 Å². The predicted octanol–water partition coefficient (Wildman–Crippen LogP) is 5.25. The van der Waals surface area contributed by atoms with Gasteiger partial charge in [-0.15, -0.1) is 0 Å². The Balaban J connectivity index is 3.02. The highest BCUT2D eigenvalue weighted by atomic mass is 19.4. The van der Waals surface area contributed by atoms with Gasteiger partial charge < -0.3 is 4.74 Å². The van der Waals surface area contributed by atoms with Gasteiger partial charge in [0.05, 0.1) is 12.2 Å². The first-order valence-corrected chi connectivity index (χ1v) is 6.88. The van der Waals surface area contributed by atoms with Crippen molar-refractivity contribution in [1.82, 2.24) is 0 Å². The Morgan fingerprint density at radius 3 is 2.50 bits per heavy atom. The van der Waals surface area contributed by atoms with Crippen molar-refractivity contribution in [2.75, 3.05) is 6.61 Å². The van der Waals surface area contributed by atoms with Crippen LogP contribution in [0, 0.1) is 5.92 Å². The second-order valence-corrected chi connectivity index (χ2v) is 4.77. The molecule has 0 heterocycles. The number of hydrogen-bond donors (Lipinski definition) is 0. The Hall–Kier alpha value is -1.45. The highest BCUT2D eigenvalue weighted by Gasteiger charge is 2.31. The third-order valence-corrected chi connectivity index (χ3v) is 2.93. The number of hydrogen-bond acceptors (Lipinski definition) is 1. The predicted molar refractivity (Wildman–Crippen MR) is 74.9 cm³/mol. The highest BCUT2D eigenvalue weighted by Crippen LogP contribution is 2.33. The molecule has 1 aromatic carbocycles. The molecule has 0 radical (unpaired) electrons. The lowest BCUT2D eigenvalue weighted by Gasteiger charge is -2.15. The zero-order valence-electron chi connectivity index (χ0n) is 12.1. The van der Waals surface area contributed by atoms with E-state index in [4.69, 9.17) is 4.74 Å². The van der Waals surface area contributed by atoms with E-state index in [0.29, 0.717) is 24.3 Å². The lowest BCUT2D eigenvalue weighted by molar-refractivity contribution is -0.137. The second-order valence-electron chi connectivity index (χ2n) is 4.77. The summed E-state index contributed by atoms with van der Waals surface area (Å²) in [5.74, 6) is 0.717. The van der Waals surface area contributed by atoms with Crippen molar-refractivity contribution in [3.05, 3.63) is 41.5 Å². The monoisotopic (exact) mass is 286 g/mol. The molecule has 0 spiro atoms. The van der Waals surface area contributed by atoms with Gasteiger partial charge in [0.1, 0.15) is 5.75 Å². The molecule has 1 nitrogen and oxygen atoms in total. The minimum atomic E-state index is -4.32. The number of benzene rings is 1. The van der Waals surface area contributed by atoms with Crippen LogP contribution >= 0.6 is 0 Å². The lowest BCUT2D eigenvalue weighted by Crippen LogP contribution is -2.08. The Labute approximate surface area is 118 Å². The quantitative estimate of drug-likeness (QED) is 0.649. The van der Waals surface area contributed by atoms with Crippen molar-refractivity contribution in [3.8, 4) is 5.75 Å². The van der Waals surface area contributed by atoms with Crippen LogP contribution in [0.1, 0.15) is 38.3 Å².